The summed E-state index contributed by atoms with van der Waals surface area (Å²) in [6.45, 7) is 3.94. The standard InChI is InChI=1S/C18H26N2O/c1-14(17(21)20-9-2-3-10-20)11-15-5-4-6-16(12-15)13-18(19)7-8-18/h4-6,12,14H,2-3,7-11,13,19H2,1H3. The number of nitrogens with zero attached hydrogens (tertiary/aromatic N) is 1. The summed E-state index contributed by atoms with van der Waals surface area (Å²) in [5, 5.41) is 0. The largest absolute Gasteiger partial charge is 0.342 e. The van der Waals surface area contributed by atoms with Gasteiger partial charge in [0, 0.05) is 24.5 Å². The predicted molar refractivity (Wildman–Crippen MR) is 85.0 cm³/mol. The van der Waals surface area contributed by atoms with Crippen LogP contribution in [0.1, 0.15) is 43.7 Å². The van der Waals surface area contributed by atoms with Crippen molar-refractivity contribution in [1.29, 1.82) is 0 Å². The molecule has 1 amide bonds. The summed E-state index contributed by atoms with van der Waals surface area (Å²) in [6.07, 6.45) is 6.40. The maximum Gasteiger partial charge on any atom is 0.225 e. The lowest BCUT2D eigenvalue weighted by Gasteiger charge is -2.20. The molecule has 1 atom stereocenters. The number of hydrogen-bond acceptors (Lipinski definition) is 2. The first-order chi connectivity index (χ1) is 10.1. The topological polar surface area (TPSA) is 46.3 Å². The lowest BCUT2D eigenvalue weighted by Crippen LogP contribution is -2.33. The monoisotopic (exact) mass is 286 g/mol. The maximum atomic E-state index is 12.4. The summed E-state index contributed by atoms with van der Waals surface area (Å²) in [5.41, 5.74) is 8.83. The van der Waals surface area contributed by atoms with Crippen LogP contribution in [0.15, 0.2) is 24.3 Å². The van der Waals surface area contributed by atoms with Crippen molar-refractivity contribution in [2.24, 2.45) is 11.7 Å². The SMILES string of the molecule is CC(Cc1cccc(CC2(N)CC2)c1)C(=O)N1CCCC1. The highest BCUT2D eigenvalue weighted by molar-refractivity contribution is 5.79. The van der Waals surface area contributed by atoms with E-state index in [4.69, 9.17) is 5.73 Å². The van der Waals surface area contributed by atoms with Crippen LogP contribution in [0, 0.1) is 5.92 Å². The van der Waals surface area contributed by atoms with Gasteiger partial charge in [-0.3, -0.25) is 4.79 Å². The van der Waals surface area contributed by atoms with E-state index in [1.165, 1.54) is 11.1 Å². The number of carbonyl (C=O) groups excluding carboxylic acids is 1. The Morgan fingerprint density at radius 3 is 2.62 bits per heavy atom. The van der Waals surface area contributed by atoms with Gasteiger partial charge in [-0.1, -0.05) is 31.2 Å². The van der Waals surface area contributed by atoms with Crippen LogP contribution >= 0.6 is 0 Å². The van der Waals surface area contributed by atoms with Gasteiger partial charge in [-0.15, -0.1) is 0 Å². The zero-order chi connectivity index (χ0) is 14.9. The van der Waals surface area contributed by atoms with Crippen LogP contribution in [0.25, 0.3) is 0 Å². The number of hydrogen-bond donors (Lipinski definition) is 1. The first-order valence-electron chi connectivity index (χ1n) is 8.21. The molecule has 0 radical (unpaired) electrons. The van der Waals surface area contributed by atoms with Crippen molar-refractivity contribution in [3.8, 4) is 0 Å². The third kappa shape index (κ3) is 3.65. The average molecular weight is 286 g/mol. The molecule has 0 bridgehead atoms. The van der Waals surface area contributed by atoms with Gasteiger partial charge in [-0.05, 0) is 49.7 Å². The van der Waals surface area contributed by atoms with Crippen molar-refractivity contribution in [2.45, 2.75) is 51.0 Å². The van der Waals surface area contributed by atoms with Gasteiger partial charge in [-0.25, -0.2) is 0 Å². The molecule has 2 N–H and O–H groups in total. The highest BCUT2D eigenvalue weighted by atomic mass is 16.2. The molecule has 2 fully saturated rings. The van der Waals surface area contributed by atoms with E-state index >= 15 is 0 Å². The number of nitrogens with two attached hydrogens (primary N) is 1. The Morgan fingerprint density at radius 1 is 1.29 bits per heavy atom. The molecular formula is C18H26N2O. The Hall–Kier alpha value is -1.35. The van der Waals surface area contributed by atoms with Gasteiger partial charge in [0.15, 0.2) is 0 Å². The molecule has 114 valence electrons. The smallest absolute Gasteiger partial charge is 0.225 e. The van der Waals surface area contributed by atoms with Gasteiger partial charge in [0.1, 0.15) is 0 Å². The van der Waals surface area contributed by atoms with Gasteiger partial charge in [0.2, 0.25) is 5.91 Å². The molecule has 2 aliphatic rings. The number of amides is 1. The molecule has 1 saturated carbocycles. The van der Waals surface area contributed by atoms with Crippen molar-refractivity contribution in [1.82, 2.24) is 4.90 Å². The Labute approximate surface area is 127 Å². The molecule has 3 nitrogen and oxygen atoms in total. The van der Waals surface area contributed by atoms with Gasteiger partial charge < -0.3 is 10.6 Å². The molecule has 1 unspecified atom stereocenters. The second-order valence-electron chi connectivity index (χ2n) is 7.00. The van der Waals surface area contributed by atoms with Crippen LogP contribution in [-0.4, -0.2) is 29.4 Å². The average Bonchev–Trinajstić information content (AvgIpc) is 2.97. The van der Waals surface area contributed by atoms with Crippen molar-refractivity contribution in [2.75, 3.05) is 13.1 Å². The number of carbonyl (C=O) groups is 1. The molecule has 3 rings (SSSR count). The lowest BCUT2D eigenvalue weighted by molar-refractivity contribution is -0.133. The van der Waals surface area contributed by atoms with E-state index < -0.39 is 0 Å². The van der Waals surface area contributed by atoms with E-state index in [-0.39, 0.29) is 11.5 Å². The van der Waals surface area contributed by atoms with E-state index in [2.05, 4.69) is 31.2 Å². The second-order valence-corrected chi connectivity index (χ2v) is 7.00. The lowest BCUT2D eigenvalue weighted by atomic mass is 9.96. The predicted octanol–water partition coefficient (Wildman–Crippen LogP) is 2.52. The molecule has 1 heterocycles. The molecule has 1 aliphatic carbocycles. The first kappa shape index (κ1) is 14.6. The van der Waals surface area contributed by atoms with Crippen LogP contribution in [0.2, 0.25) is 0 Å². The molecule has 1 aliphatic heterocycles. The van der Waals surface area contributed by atoms with Crippen molar-refractivity contribution in [3.05, 3.63) is 35.4 Å². The number of likely N-dealkylation sites (tertiary alicyclic amines) is 1. The third-order valence-corrected chi connectivity index (χ3v) is 4.82. The summed E-state index contributed by atoms with van der Waals surface area (Å²) in [6, 6.07) is 8.63. The molecule has 3 heteroatoms. The van der Waals surface area contributed by atoms with Crippen molar-refractivity contribution >= 4 is 5.91 Å². The second kappa shape index (κ2) is 5.80. The molecule has 0 aromatic heterocycles. The summed E-state index contributed by atoms with van der Waals surface area (Å²) in [7, 11) is 0. The molecule has 1 saturated heterocycles. The number of rotatable bonds is 5. The molecular weight excluding hydrogens is 260 g/mol. The van der Waals surface area contributed by atoms with Crippen LogP contribution in [0.4, 0.5) is 0 Å². The molecule has 1 aromatic rings. The van der Waals surface area contributed by atoms with Crippen LogP contribution in [-0.2, 0) is 17.6 Å². The molecule has 21 heavy (non-hydrogen) atoms. The minimum atomic E-state index is 0.0512. The van der Waals surface area contributed by atoms with E-state index in [0.717, 1.165) is 51.6 Å². The summed E-state index contributed by atoms with van der Waals surface area (Å²) in [4.78, 5) is 14.4. The quantitative estimate of drug-likeness (QED) is 0.904. The van der Waals surface area contributed by atoms with Gasteiger partial charge in [-0.2, -0.15) is 0 Å². The fraction of sp³-hybridized carbons (Fsp3) is 0.611. The zero-order valence-corrected chi connectivity index (χ0v) is 13.0. The maximum absolute atomic E-state index is 12.4. The molecule has 1 aromatic carbocycles. The Morgan fingerprint density at radius 2 is 1.95 bits per heavy atom. The van der Waals surface area contributed by atoms with Crippen LogP contribution in [0.5, 0.6) is 0 Å². The third-order valence-electron chi connectivity index (χ3n) is 4.82. The fourth-order valence-corrected chi connectivity index (χ4v) is 3.30. The minimum absolute atomic E-state index is 0.0512. The highest BCUT2D eigenvalue weighted by Gasteiger charge is 2.37. The Kier molecular flexibility index (Phi) is 4.03. The Balaban J connectivity index is 1.61. The van der Waals surface area contributed by atoms with Crippen molar-refractivity contribution < 1.29 is 4.79 Å². The minimum Gasteiger partial charge on any atom is -0.342 e. The van der Waals surface area contributed by atoms with Crippen molar-refractivity contribution in [3.63, 3.8) is 0 Å². The molecule has 0 spiro atoms. The van der Waals surface area contributed by atoms with Gasteiger partial charge in [0.25, 0.3) is 0 Å². The highest BCUT2D eigenvalue weighted by Crippen LogP contribution is 2.35. The van der Waals surface area contributed by atoms with E-state index in [9.17, 15) is 4.79 Å². The van der Waals surface area contributed by atoms with Crippen LogP contribution in [0.3, 0.4) is 0 Å². The van der Waals surface area contributed by atoms with Crippen LogP contribution < -0.4 is 5.73 Å². The van der Waals surface area contributed by atoms with Gasteiger partial charge in [0.05, 0.1) is 0 Å². The summed E-state index contributed by atoms with van der Waals surface area (Å²) >= 11 is 0. The zero-order valence-electron chi connectivity index (χ0n) is 13.0. The fourth-order valence-electron chi connectivity index (χ4n) is 3.30. The first-order valence-corrected chi connectivity index (χ1v) is 8.21. The summed E-state index contributed by atoms with van der Waals surface area (Å²) in [5.74, 6) is 0.390. The van der Waals surface area contributed by atoms with Gasteiger partial charge >= 0.3 is 0 Å². The normalized spacial score (nSPS) is 21.3. The number of benzene rings is 1. The van der Waals surface area contributed by atoms with E-state index in [1.807, 2.05) is 4.90 Å². The van der Waals surface area contributed by atoms with E-state index in [0.29, 0.717) is 5.91 Å². The van der Waals surface area contributed by atoms with E-state index in [1.54, 1.807) is 0 Å². The summed E-state index contributed by atoms with van der Waals surface area (Å²) < 4.78 is 0. The Bertz CT molecular complexity index is 516.